The summed E-state index contributed by atoms with van der Waals surface area (Å²) in [5.74, 6) is -1.05. The van der Waals surface area contributed by atoms with Crippen molar-refractivity contribution in [2.45, 2.75) is 32.5 Å². The molecule has 0 bridgehead atoms. The van der Waals surface area contributed by atoms with Crippen molar-refractivity contribution in [1.29, 1.82) is 0 Å². The molecule has 2 atom stereocenters. The number of nitrogens with one attached hydrogen (secondary N) is 2. The number of likely N-dealkylation sites (N-methyl/N-ethyl adjacent to an activating group) is 1. The molecule has 41 heavy (non-hydrogen) atoms. The molecule has 3 amide bonds. The minimum atomic E-state index is -1.01. The first-order valence-corrected chi connectivity index (χ1v) is 13.5. The number of hydrogen-bond donors (Lipinski definition) is 2. The Bertz CT molecular complexity index is 1650. The Morgan fingerprint density at radius 2 is 1.71 bits per heavy atom. The first-order chi connectivity index (χ1) is 19.8. The van der Waals surface area contributed by atoms with Crippen LogP contribution >= 0.6 is 0 Å². The first kappa shape index (κ1) is 27.7. The Morgan fingerprint density at radius 1 is 0.976 bits per heavy atom. The number of fused-ring (bicyclic) bond motifs is 2. The van der Waals surface area contributed by atoms with E-state index in [0.29, 0.717) is 28.8 Å². The predicted octanol–water partition coefficient (Wildman–Crippen LogP) is 4.25. The van der Waals surface area contributed by atoms with Crippen LogP contribution in [0, 0.1) is 6.92 Å². The van der Waals surface area contributed by atoms with Crippen molar-refractivity contribution in [3.05, 3.63) is 107 Å². The van der Waals surface area contributed by atoms with Gasteiger partial charge in [-0.2, -0.15) is 0 Å². The molecule has 0 aliphatic carbocycles. The molecule has 1 aliphatic rings. The van der Waals surface area contributed by atoms with Gasteiger partial charge in [-0.15, -0.1) is 0 Å². The number of anilines is 2. The van der Waals surface area contributed by atoms with Crippen LogP contribution in [0.4, 0.5) is 11.4 Å². The van der Waals surface area contributed by atoms with Gasteiger partial charge >= 0.3 is 0 Å². The maximum Gasteiger partial charge on any atom is 0.258 e. The molecule has 4 aromatic carbocycles. The molecule has 0 saturated carbocycles. The zero-order valence-electron chi connectivity index (χ0n) is 23.3. The van der Waals surface area contributed by atoms with Crippen LogP contribution in [0.5, 0.6) is 0 Å². The van der Waals surface area contributed by atoms with Gasteiger partial charge < -0.3 is 20.4 Å². The highest BCUT2D eigenvalue weighted by Crippen LogP contribution is 2.36. The van der Waals surface area contributed by atoms with Crippen molar-refractivity contribution in [2.75, 3.05) is 23.4 Å². The molecule has 0 saturated heterocycles. The number of rotatable bonds is 7. The number of benzene rings is 4. The van der Waals surface area contributed by atoms with Gasteiger partial charge in [-0.25, -0.2) is 0 Å². The summed E-state index contributed by atoms with van der Waals surface area (Å²) < 4.78 is 0. The van der Waals surface area contributed by atoms with Gasteiger partial charge in [0.2, 0.25) is 5.91 Å². The summed E-state index contributed by atoms with van der Waals surface area (Å²) >= 11 is 0. The zero-order valence-corrected chi connectivity index (χ0v) is 23.3. The van der Waals surface area contributed by atoms with Crippen molar-refractivity contribution in [3.63, 3.8) is 0 Å². The first-order valence-electron chi connectivity index (χ1n) is 13.5. The summed E-state index contributed by atoms with van der Waals surface area (Å²) in [6.07, 6.45) is 0.688. The number of hydrogen-bond acceptors (Lipinski definition) is 5. The fourth-order valence-electron chi connectivity index (χ4n) is 5.19. The van der Waals surface area contributed by atoms with E-state index in [1.807, 2.05) is 55.5 Å². The molecule has 208 valence electrons. The number of carbonyl (C=O) groups is 4. The van der Waals surface area contributed by atoms with E-state index in [-0.39, 0.29) is 30.8 Å². The van der Waals surface area contributed by atoms with Gasteiger partial charge in [0.1, 0.15) is 12.3 Å². The summed E-state index contributed by atoms with van der Waals surface area (Å²) in [6, 6.07) is 24.2. The van der Waals surface area contributed by atoms with Crippen molar-refractivity contribution in [1.82, 2.24) is 10.6 Å². The molecule has 0 radical (unpaired) electrons. The molecule has 8 heteroatoms. The van der Waals surface area contributed by atoms with Gasteiger partial charge in [-0.3, -0.25) is 19.2 Å². The van der Waals surface area contributed by atoms with Crippen molar-refractivity contribution >= 4 is 46.2 Å². The van der Waals surface area contributed by atoms with Gasteiger partial charge in [0.25, 0.3) is 11.8 Å². The minimum Gasteiger partial charge on any atom is -0.341 e. The Labute approximate surface area is 239 Å². The lowest BCUT2D eigenvalue weighted by Crippen LogP contribution is -2.55. The topological polar surface area (TPSA) is 98.8 Å². The lowest BCUT2D eigenvalue weighted by molar-refractivity contribution is -0.128. The van der Waals surface area contributed by atoms with Crippen molar-refractivity contribution < 1.29 is 19.2 Å². The van der Waals surface area contributed by atoms with Crippen LogP contribution < -0.4 is 20.4 Å². The van der Waals surface area contributed by atoms with Crippen LogP contribution in [0.25, 0.3) is 10.8 Å². The third-order valence-electron chi connectivity index (χ3n) is 7.64. The SMILES string of the molecule is CN[C@@H](C)C(=O)N[C@H]1CN(C(=O)c2cccc(C=O)c2)c2ccccc2N(Cc2c(C)ccc3ccccc23)C1=O. The van der Waals surface area contributed by atoms with E-state index in [1.165, 1.54) is 11.0 Å². The van der Waals surface area contributed by atoms with Crippen LogP contribution in [-0.4, -0.2) is 49.7 Å². The van der Waals surface area contributed by atoms with Gasteiger partial charge in [0.05, 0.1) is 30.5 Å². The van der Waals surface area contributed by atoms with E-state index < -0.39 is 12.1 Å². The van der Waals surface area contributed by atoms with Crippen LogP contribution in [0.1, 0.15) is 38.8 Å². The summed E-state index contributed by atoms with van der Waals surface area (Å²) in [7, 11) is 1.67. The van der Waals surface area contributed by atoms with E-state index in [1.54, 1.807) is 43.1 Å². The largest absolute Gasteiger partial charge is 0.341 e. The van der Waals surface area contributed by atoms with Crippen molar-refractivity contribution in [2.24, 2.45) is 0 Å². The molecule has 0 aromatic heterocycles. The summed E-state index contributed by atoms with van der Waals surface area (Å²) in [4.78, 5) is 55.9. The summed E-state index contributed by atoms with van der Waals surface area (Å²) in [5, 5.41) is 7.87. The van der Waals surface area contributed by atoms with Gasteiger partial charge in [0.15, 0.2) is 0 Å². The van der Waals surface area contributed by atoms with Crippen molar-refractivity contribution in [3.8, 4) is 0 Å². The summed E-state index contributed by atoms with van der Waals surface area (Å²) in [5.41, 5.74) is 3.79. The highest BCUT2D eigenvalue weighted by atomic mass is 16.2. The number of carbonyl (C=O) groups excluding carboxylic acids is 4. The lowest BCUT2D eigenvalue weighted by atomic mass is 9.99. The molecule has 4 aromatic rings. The van der Waals surface area contributed by atoms with Gasteiger partial charge in [0, 0.05) is 11.1 Å². The Hall–Kier alpha value is -4.82. The number of nitrogens with zero attached hydrogens (tertiary/aromatic N) is 2. The number of aryl methyl sites for hydroxylation is 1. The van der Waals surface area contributed by atoms with E-state index in [0.717, 1.165) is 21.9 Å². The Morgan fingerprint density at radius 3 is 2.46 bits per heavy atom. The highest BCUT2D eigenvalue weighted by Gasteiger charge is 2.38. The molecular weight excluding hydrogens is 516 g/mol. The average Bonchev–Trinajstić information content (AvgIpc) is 3.12. The van der Waals surface area contributed by atoms with Gasteiger partial charge in [-0.1, -0.05) is 60.7 Å². The Kier molecular flexibility index (Phi) is 7.94. The van der Waals surface area contributed by atoms with Crippen LogP contribution in [0.2, 0.25) is 0 Å². The molecular formula is C33H32N4O4. The second kappa shape index (κ2) is 11.7. The number of para-hydroxylation sites is 2. The Balaban J connectivity index is 1.64. The molecule has 0 spiro atoms. The fraction of sp³-hybridized carbons (Fsp3) is 0.212. The van der Waals surface area contributed by atoms with Gasteiger partial charge in [-0.05, 0) is 67.1 Å². The van der Waals surface area contributed by atoms with E-state index in [2.05, 4.69) is 16.7 Å². The normalized spacial score (nSPS) is 15.7. The van der Waals surface area contributed by atoms with E-state index >= 15 is 0 Å². The standard InChI is InChI=1S/C33H32N4O4/c1-21-15-16-24-10-4-5-12-26(24)27(21)18-36-29-13-6-7-14-30(29)37(32(40)25-11-8-9-23(17-25)20-38)19-28(33(36)41)35-31(39)22(2)34-3/h4-17,20,22,28,34H,18-19H2,1-3H3,(H,35,39)/t22-,28-/m0/s1. The smallest absolute Gasteiger partial charge is 0.258 e. The maximum atomic E-state index is 14.3. The third kappa shape index (κ3) is 5.47. The third-order valence-corrected chi connectivity index (χ3v) is 7.64. The summed E-state index contributed by atoms with van der Waals surface area (Å²) in [6.45, 7) is 3.89. The van der Waals surface area contributed by atoms with Crippen LogP contribution in [-0.2, 0) is 16.1 Å². The minimum absolute atomic E-state index is 0.0762. The number of aldehydes is 1. The number of amides is 3. The zero-order chi connectivity index (χ0) is 29.1. The van der Waals surface area contributed by atoms with E-state index in [4.69, 9.17) is 0 Å². The monoisotopic (exact) mass is 548 g/mol. The van der Waals surface area contributed by atoms with E-state index in [9.17, 15) is 19.2 Å². The second-order valence-corrected chi connectivity index (χ2v) is 10.2. The molecule has 8 nitrogen and oxygen atoms in total. The predicted molar refractivity (Wildman–Crippen MR) is 160 cm³/mol. The molecule has 0 fully saturated rings. The molecule has 1 aliphatic heterocycles. The average molecular weight is 549 g/mol. The quantitative estimate of drug-likeness (QED) is 0.337. The lowest BCUT2D eigenvalue weighted by Gasteiger charge is -2.27. The van der Waals surface area contributed by atoms with Crippen LogP contribution in [0.15, 0.2) is 84.9 Å². The maximum absolute atomic E-state index is 14.3. The fourth-order valence-corrected chi connectivity index (χ4v) is 5.19. The second-order valence-electron chi connectivity index (χ2n) is 10.2. The molecule has 2 N–H and O–H groups in total. The molecule has 5 rings (SSSR count). The molecule has 1 heterocycles. The molecule has 0 unspecified atom stereocenters. The van der Waals surface area contributed by atoms with Crippen LogP contribution in [0.3, 0.4) is 0 Å². The highest BCUT2D eigenvalue weighted by molar-refractivity contribution is 6.13.